The minimum absolute atomic E-state index is 0.00800. The number of hydrogen-bond acceptors (Lipinski definition) is 2. The minimum atomic E-state index is -1.12. The van der Waals surface area contributed by atoms with E-state index in [4.69, 9.17) is 0 Å². The molecule has 5 nitrogen and oxygen atoms in total. The molecule has 2 aromatic carbocycles. The van der Waals surface area contributed by atoms with Crippen LogP contribution < -0.4 is 10.6 Å². The Bertz CT molecular complexity index is 1240. The number of amides is 2. The predicted molar refractivity (Wildman–Crippen MR) is 99.5 cm³/mol. The summed E-state index contributed by atoms with van der Waals surface area (Å²) >= 11 is 0. The van der Waals surface area contributed by atoms with Crippen LogP contribution in [0.2, 0.25) is 0 Å². The smallest absolute Gasteiger partial charge is 0.308 e. The first-order valence-electron chi connectivity index (χ1n) is 8.38. The van der Waals surface area contributed by atoms with Gasteiger partial charge in [-0.05, 0) is 42.5 Å². The van der Waals surface area contributed by atoms with E-state index in [-0.39, 0.29) is 22.8 Å². The molecule has 146 valence electrons. The molecular weight excluding hydrogens is 388 g/mol. The number of benzene rings is 2. The first-order chi connectivity index (χ1) is 13.9. The number of aromatic nitrogens is 2. The Kier molecular flexibility index (Phi) is 4.63. The molecule has 4 rings (SSSR count). The standard InChI is InChI=1S/C20H12F4N4O/c21-11-4-6-14(22)13(9-11)18-19(28-8-2-1-3-17(28)26-18)27-20(29)25-12-5-7-15(23)16(24)10-12/h1-10H,(H2,25,27,29). The fourth-order valence-corrected chi connectivity index (χ4v) is 2.83. The van der Waals surface area contributed by atoms with Gasteiger partial charge in [-0.15, -0.1) is 0 Å². The van der Waals surface area contributed by atoms with E-state index in [0.717, 1.165) is 30.3 Å². The molecule has 0 fully saturated rings. The second-order valence-electron chi connectivity index (χ2n) is 6.07. The van der Waals surface area contributed by atoms with Crippen LogP contribution in [-0.4, -0.2) is 15.4 Å². The van der Waals surface area contributed by atoms with Gasteiger partial charge in [0.1, 0.15) is 28.8 Å². The number of nitrogens with zero attached hydrogens (tertiary/aromatic N) is 2. The van der Waals surface area contributed by atoms with Crippen LogP contribution in [0.5, 0.6) is 0 Å². The van der Waals surface area contributed by atoms with Crippen molar-refractivity contribution in [3.05, 3.63) is 84.1 Å². The Labute approximate surface area is 161 Å². The van der Waals surface area contributed by atoms with Crippen LogP contribution in [0.3, 0.4) is 0 Å². The maximum absolute atomic E-state index is 14.3. The fraction of sp³-hybridized carbons (Fsp3) is 0. The number of pyridine rings is 1. The lowest BCUT2D eigenvalue weighted by Gasteiger charge is -2.10. The van der Waals surface area contributed by atoms with Gasteiger partial charge in [-0.25, -0.2) is 27.3 Å². The maximum Gasteiger partial charge on any atom is 0.324 e. The van der Waals surface area contributed by atoms with E-state index in [0.29, 0.717) is 5.65 Å². The van der Waals surface area contributed by atoms with E-state index in [1.165, 1.54) is 10.5 Å². The molecule has 29 heavy (non-hydrogen) atoms. The van der Waals surface area contributed by atoms with Gasteiger partial charge in [0.05, 0.1) is 0 Å². The highest BCUT2D eigenvalue weighted by Gasteiger charge is 2.20. The Balaban J connectivity index is 1.73. The van der Waals surface area contributed by atoms with Crippen LogP contribution in [0.25, 0.3) is 16.9 Å². The lowest BCUT2D eigenvalue weighted by Crippen LogP contribution is -2.21. The summed E-state index contributed by atoms with van der Waals surface area (Å²) in [6.45, 7) is 0. The van der Waals surface area contributed by atoms with Crippen molar-refractivity contribution in [2.45, 2.75) is 0 Å². The summed E-state index contributed by atoms with van der Waals surface area (Å²) in [5.41, 5.74) is 0.258. The van der Waals surface area contributed by atoms with Gasteiger partial charge in [-0.1, -0.05) is 6.07 Å². The number of nitrogens with one attached hydrogen (secondary N) is 2. The van der Waals surface area contributed by atoms with Gasteiger partial charge in [-0.3, -0.25) is 9.72 Å². The van der Waals surface area contributed by atoms with Crippen molar-refractivity contribution in [1.82, 2.24) is 9.38 Å². The molecule has 2 aromatic heterocycles. The molecule has 2 heterocycles. The average molecular weight is 400 g/mol. The lowest BCUT2D eigenvalue weighted by atomic mass is 10.1. The van der Waals surface area contributed by atoms with Gasteiger partial charge >= 0.3 is 6.03 Å². The summed E-state index contributed by atoms with van der Waals surface area (Å²) in [6, 6.07) is 9.94. The minimum Gasteiger partial charge on any atom is -0.308 e. The summed E-state index contributed by atoms with van der Waals surface area (Å²) in [6.07, 6.45) is 1.58. The predicted octanol–water partition coefficient (Wildman–Crippen LogP) is 5.20. The normalized spacial score (nSPS) is 10.9. The van der Waals surface area contributed by atoms with Gasteiger partial charge in [0.25, 0.3) is 0 Å². The number of carbonyl (C=O) groups excluding carboxylic acids is 1. The van der Waals surface area contributed by atoms with Crippen LogP contribution in [-0.2, 0) is 0 Å². The molecule has 0 saturated heterocycles. The quantitative estimate of drug-likeness (QED) is 0.465. The Morgan fingerprint density at radius 1 is 0.862 bits per heavy atom. The molecule has 0 saturated carbocycles. The first kappa shape index (κ1) is 18.5. The second kappa shape index (κ2) is 7.27. The van der Waals surface area contributed by atoms with Gasteiger partial charge in [0.15, 0.2) is 11.6 Å². The van der Waals surface area contributed by atoms with Gasteiger partial charge in [0, 0.05) is 23.5 Å². The number of fused-ring (bicyclic) bond motifs is 1. The molecule has 4 aromatic rings. The van der Waals surface area contributed by atoms with E-state index >= 15 is 0 Å². The van der Waals surface area contributed by atoms with Crippen molar-refractivity contribution in [1.29, 1.82) is 0 Å². The highest BCUT2D eigenvalue weighted by molar-refractivity contribution is 6.01. The average Bonchev–Trinajstić information content (AvgIpc) is 3.05. The van der Waals surface area contributed by atoms with Crippen LogP contribution in [0.4, 0.5) is 33.9 Å². The number of rotatable bonds is 3. The molecular formula is C20H12F4N4O. The molecule has 0 spiro atoms. The summed E-state index contributed by atoms with van der Waals surface area (Å²) in [7, 11) is 0. The summed E-state index contributed by atoms with van der Waals surface area (Å²) in [5.74, 6) is -3.50. The molecule has 0 aliphatic carbocycles. The van der Waals surface area contributed by atoms with Crippen LogP contribution in [0, 0.1) is 23.3 Å². The number of halogens is 4. The Morgan fingerprint density at radius 2 is 1.66 bits per heavy atom. The van der Waals surface area contributed by atoms with E-state index < -0.39 is 29.3 Å². The van der Waals surface area contributed by atoms with E-state index in [2.05, 4.69) is 15.6 Å². The monoisotopic (exact) mass is 400 g/mol. The molecule has 2 amide bonds. The highest BCUT2D eigenvalue weighted by atomic mass is 19.2. The second-order valence-corrected chi connectivity index (χ2v) is 6.07. The molecule has 9 heteroatoms. The van der Waals surface area contributed by atoms with Crippen molar-refractivity contribution in [3.63, 3.8) is 0 Å². The summed E-state index contributed by atoms with van der Waals surface area (Å²) < 4.78 is 55.8. The van der Waals surface area contributed by atoms with Crippen molar-refractivity contribution in [3.8, 4) is 11.3 Å². The molecule has 2 N–H and O–H groups in total. The van der Waals surface area contributed by atoms with E-state index in [9.17, 15) is 22.4 Å². The lowest BCUT2D eigenvalue weighted by molar-refractivity contribution is 0.262. The van der Waals surface area contributed by atoms with Gasteiger partial charge in [0.2, 0.25) is 0 Å². The zero-order valence-corrected chi connectivity index (χ0v) is 14.6. The van der Waals surface area contributed by atoms with Gasteiger partial charge < -0.3 is 5.32 Å². The third-order valence-corrected chi connectivity index (χ3v) is 4.12. The zero-order valence-electron chi connectivity index (χ0n) is 14.6. The summed E-state index contributed by atoms with van der Waals surface area (Å²) in [5, 5.41) is 4.86. The third kappa shape index (κ3) is 3.62. The molecule has 0 atom stereocenters. The number of urea groups is 1. The van der Waals surface area contributed by atoms with E-state index in [1.54, 1.807) is 24.4 Å². The van der Waals surface area contributed by atoms with Crippen LogP contribution in [0.15, 0.2) is 60.8 Å². The van der Waals surface area contributed by atoms with Crippen molar-refractivity contribution >= 4 is 23.2 Å². The number of imidazole rings is 1. The van der Waals surface area contributed by atoms with Crippen molar-refractivity contribution < 1.29 is 22.4 Å². The molecule has 0 unspecified atom stereocenters. The molecule has 0 bridgehead atoms. The fourth-order valence-electron chi connectivity index (χ4n) is 2.83. The van der Waals surface area contributed by atoms with E-state index in [1.807, 2.05) is 0 Å². The topological polar surface area (TPSA) is 58.4 Å². The molecule has 0 aliphatic heterocycles. The SMILES string of the molecule is O=C(Nc1ccc(F)c(F)c1)Nc1c(-c2cc(F)ccc2F)nc2ccccn12. The Morgan fingerprint density at radius 3 is 2.45 bits per heavy atom. The molecule has 0 aliphatic rings. The van der Waals surface area contributed by atoms with Crippen LogP contribution in [0.1, 0.15) is 0 Å². The number of carbonyl (C=O) groups is 1. The van der Waals surface area contributed by atoms with Gasteiger partial charge in [-0.2, -0.15) is 0 Å². The first-order valence-corrected chi connectivity index (χ1v) is 8.38. The van der Waals surface area contributed by atoms with Crippen molar-refractivity contribution in [2.75, 3.05) is 10.6 Å². The number of hydrogen-bond donors (Lipinski definition) is 2. The zero-order chi connectivity index (χ0) is 20.5. The number of anilines is 2. The van der Waals surface area contributed by atoms with Crippen LogP contribution >= 0.6 is 0 Å². The maximum atomic E-state index is 14.3. The molecule has 0 radical (unpaired) electrons. The highest BCUT2D eigenvalue weighted by Crippen LogP contribution is 2.31. The summed E-state index contributed by atoms with van der Waals surface area (Å²) in [4.78, 5) is 16.7. The Hall–Kier alpha value is -3.88. The largest absolute Gasteiger partial charge is 0.324 e. The van der Waals surface area contributed by atoms with Crippen molar-refractivity contribution in [2.24, 2.45) is 0 Å². The third-order valence-electron chi connectivity index (χ3n) is 4.12.